The minimum Gasteiger partial charge on any atom is -0.245 e. The van der Waals surface area contributed by atoms with Gasteiger partial charge in [-0.3, -0.25) is 0 Å². The average molecular weight is 670 g/mol. The zero-order valence-electron chi connectivity index (χ0n) is 26.8. The largest absolute Gasteiger partial charge is 0.245 e. The topological polar surface area (TPSA) is 90.2 Å². The molecule has 51 heavy (non-hydrogen) atoms. The van der Waals surface area contributed by atoms with Crippen LogP contribution < -0.4 is 0 Å². The Morgan fingerprint density at radius 2 is 0.784 bits per heavy atom. The highest BCUT2D eigenvalue weighted by Gasteiger charge is 2.13. The van der Waals surface area contributed by atoms with E-state index in [0.717, 1.165) is 74.5 Å². The molecule has 6 aromatic carbocycles. The summed E-state index contributed by atoms with van der Waals surface area (Å²) in [6.45, 7) is 0. The van der Waals surface area contributed by atoms with E-state index in [0.29, 0.717) is 34.2 Å². The Morgan fingerprint density at radius 3 is 1.31 bits per heavy atom. The van der Waals surface area contributed by atoms with E-state index in [-0.39, 0.29) is 0 Å². The Hall–Kier alpha value is -6.77. The predicted molar refractivity (Wildman–Crippen MR) is 209 cm³/mol. The molecule has 11 rings (SSSR count). The van der Waals surface area contributed by atoms with Gasteiger partial charge in [0, 0.05) is 54.3 Å². The van der Waals surface area contributed by atoms with Gasteiger partial charge in [0.15, 0.2) is 34.2 Å². The first-order valence-corrected chi connectivity index (χ1v) is 17.5. The number of rotatable bonds is 2. The molecule has 0 aliphatic heterocycles. The molecular formula is C43H23N7S. The molecule has 0 saturated heterocycles. The Morgan fingerprint density at radius 1 is 0.353 bits per heavy atom. The lowest BCUT2D eigenvalue weighted by molar-refractivity contribution is 1.18. The number of benzene rings is 6. The van der Waals surface area contributed by atoms with Gasteiger partial charge in [-0.25, -0.2) is 34.9 Å². The summed E-state index contributed by atoms with van der Waals surface area (Å²) in [5.74, 6) is 1.24. The Balaban J connectivity index is 1.36. The standard InChI is InChI=1S/C43H23N7S/c1-3-7-26(8-4-1)37-45-39-28-15-13-24-11-12-25-14-16-29(20-33(25)32(24)19-28)40-47-38(27-9-5-2-6-10-27)48-42(50-40)31-22-35-34-21-30(41(46-37)49-39)17-18-36(34)51-43(35)44-23-31/h1-23H. The molecule has 8 heteroatoms. The van der Waals surface area contributed by atoms with Crippen molar-refractivity contribution in [3.05, 3.63) is 140 Å². The average Bonchev–Trinajstić information content (AvgIpc) is 3.57. The molecule has 0 amide bonds. The minimum atomic E-state index is 0.569. The fourth-order valence-corrected chi connectivity index (χ4v) is 7.96. The first-order chi connectivity index (χ1) is 25.2. The molecule has 0 atom stereocenters. The summed E-state index contributed by atoms with van der Waals surface area (Å²) >= 11 is 1.66. The van der Waals surface area contributed by atoms with Crippen LogP contribution in [-0.4, -0.2) is 34.9 Å². The van der Waals surface area contributed by atoms with E-state index in [2.05, 4.69) is 72.8 Å². The zero-order chi connectivity index (χ0) is 33.5. The van der Waals surface area contributed by atoms with Crippen molar-refractivity contribution in [2.45, 2.75) is 0 Å². The normalized spacial score (nSPS) is 11.9. The lowest BCUT2D eigenvalue weighted by Gasteiger charge is -2.07. The summed E-state index contributed by atoms with van der Waals surface area (Å²) < 4.78 is 1.13. The van der Waals surface area contributed by atoms with Crippen molar-refractivity contribution in [2.24, 2.45) is 0 Å². The maximum atomic E-state index is 5.11. The van der Waals surface area contributed by atoms with Crippen molar-refractivity contribution >= 4 is 97.3 Å². The van der Waals surface area contributed by atoms with Gasteiger partial charge >= 0.3 is 0 Å². The summed E-state index contributed by atoms with van der Waals surface area (Å²) in [5, 5.41) is 10.0. The molecule has 7 nitrogen and oxygen atoms in total. The van der Waals surface area contributed by atoms with Gasteiger partial charge in [-0.05, 0) is 57.9 Å². The molecule has 0 saturated carbocycles. The van der Waals surface area contributed by atoms with Crippen molar-refractivity contribution in [1.82, 2.24) is 34.9 Å². The third-order valence-electron chi connectivity index (χ3n) is 9.53. The van der Waals surface area contributed by atoms with Gasteiger partial charge in [0.2, 0.25) is 0 Å². The summed E-state index contributed by atoms with van der Waals surface area (Å²) in [4.78, 5) is 36.2. The lowest BCUT2D eigenvalue weighted by Crippen LogP contribution is -1.94. The van der Waals surface area contributed by atoms with Gasteiger partial charge in [0.1, 0.15) is 4.83 Å². The smallest absolute Gasteiger partial charge is 0.165 e. The highest BCUT2D eigenvalue weighted by atomic mass is 32.1. The lowest BCUT2D eigenvalue weighted by atomic mass is 10.00. The van der Waals surface area contributed by atoms with Gasteiger partial charge in [-0.15, -0.1) is 11.3 Å². The van der Waals surface area contributed by atoms with Crippen LogP contribution in [0.25, 0.3) is 109 Å². The van der Waals surface area contributed by atoms with E-state index >= 15 is 0 Å². The molecule has 12 bridgehead atoms. The van der Waals surface area contributed by atoms with Gasteiger partial charge in [-0.2, -0.15) is 0 Å². The SMILES string of the molecule is c1ccc(-c2nc3nc(n2)c2ccc4sc5ncc(cc5c4c2)c2nc(-c4ccccc4)nc(n2)c2ccc4ccc5ccc3cc5c4c2)cc1. The molecule has 0 N–H and O–H groups in total. The van der Waals surface area contributed by atoms with E-state index in [1.165, 1.54) is 0 Å². The third kappa shape index (κ3) is 4.61. The van der Waals surface area contributed by atoms with E-state index in [9.17, 15) is 0 Å². The van der Waals surface area contributed by atoms with E-state index in [4.69, 9.17) is 34.9 Å². The van der Waals surface area contributed by atoms with E-state index in [1.807, 2.05) is 66.9 Å². The van der Waals surface area contributed by atoms with Gasteiger partial charge in [0.05, 0.1) is 0 Å². The monoisotopic (exact) mass is 669 g/mol. The molecule has 0 spiro atoms. The Bertz CT molecular complexity index is 3040. The number of hydrogen-bond donors (Lipinski definition) is 0. The van der Waals surface area contributed by atoms with Crippen LogP contribution in [0.3, 0.4) is 0 Å². The first-order valence-electron chi connectivity index (χ1n) is 16.6. The first kappa shape index (κ1) is 28.1. The van der Waals surface area contributed by atoms with Crippen LogP contribution in [0.2, 0.25) is 0 Å². The number of thiophene rings is 1. The van der Waals surface area contributed by atoms with E-state index in [1.54, 1.807) is 11.3 Å². The highest BCUT2D eigenvalue weighted by molar-refractivity contribution is 7.25. The van der Waals surface area contributed by atoms with Crippen LogP contribution in [0.4, 0.5) is 0 Å². The van der Waals surface area contributed by atoms with Crippen molar-refractivity contribution < 1.29 is 0 Å². The number of pyridine rings is 1. The minimum absolute atomic E-state index is 0.569. The van der Waals surface area contributed by atoms with E-state index < -0.39 is 0 Å². The van der Waals surface area contributed by atoms with Gasteiger partial charge < -0.3 is 0 Å². The van der Waals surface area contributed by atoms with Crippen LogP contribution in [-0.2, 0) is 0 Å². The molecule has 11 aromatic rings. The highest BCUT2D eigenvalue weighted by Crippen LogP contribution is 2.36. The number of nitrogens with zero attached hydrogens (tertiary/aromatic N) is 7. The Kier molecular flexibility index (Phi) is 5.99. The summed E-state index contributed by atoms with van der Waals surface area (Å²) in [6.07, 6.45) is 1.87. The maximum absolute atomic E-state index is 5.11. The molecule has 0 unspecified atom stereocenters. The van der Waals surface area contributed by atoms with Crippen LogP contribution in [0.1, 0.15) is 0 Å². The number of aromatic nitrogens is 7. The van der Waals surface area contributed by atoms with Gasteiger partial charge in [-0.1, -0.05) is 97.1 Å². The fraction of sp³-hybridized carbons (Fsp3) is 0. The van der Waals surface area contributed by atoms with Crippen molar-refractivity contribution in [3.8, 4) is 22.8 Å². The number of hydrogen-bond acceptors (Lipinski definition) is 8. The second kappa shape index (κ2) is 10.9. The van der Waals surface area contributed by atoms with Crippen LogP contribution >= 0.6 is 11.3 Å². The second-order valence-corrected chi connectivity index (χ2v) is 13.7. The molecule has 0 fully saturated rings. The maximum Gasteiger partial charge on any atom is 0.165 e. The van der Waals surface area contributed by atoms with Crippen LogP contribution in [0, 0.1) is 0 Å². The molecule has 0 radical (unpaired) electrons. The number of fused-ring (bicyclic) bond motifs is 12. The van der Waals surface area contributed by atoms with Crippen molar-refractivity contribution in [2.75, 3.05) is 0 Å². The third-order valence-corrected chi connectivity index (χ3v) is 10.6. The molecule has 5 aromatic heterocycles. The summed E-state index contributed by atoms with van der Waals surface area (Å²) in [7, 11) is 0. The molecular weight excluding hydrogens is 647 g/mol. The van der Waals surface area contributed by atoms with Crippen molar-refractivity contribution in [3.63, 3.8) is 0 Å². The van der Waals surface area contributed by atoms with Crippen LogP contribution in [0.5, 0.6) is 0 Å². The van der Waals surface area contributed by atoms with Crippen molar-refractivity contribution in [1.29, 1.82) is 0 Å². The molecule has 236 valence electrons. The second-order valence-electron chi connectivity index (χ2n) is 12.7. The fourth-order valence-electron chi connectivity index (χ4n) is 6.95. The molecule has 5 heterocycles. The molecule has 0 aliphatic rings. The summed E-state index contributed by atoms with van der Waals surface area (Å²) in [6, 6.07) is 45.8. The molecule has 0 aliphatic carbocycles. The van der Waals surface area contributed by atoms with Crippen LogP contribution in [0.15, 0.2) is 140 Å². The van der Waals surface area contributed by atoms with Gasteiger partial charge in [0.25, 0.3) is 0 Å². The summed E-state index contributed by atoms with van der Waals surface area (Å²) in [5.41, 5.74) is 4.24. The Labute approximate surface area is 293 Å². The predicted octanol–water partition coefficient (Wildman–Crippen LogP) is 10.6. The quantitative estimate of drug-likeness (QED) is 0.169. The zero-order valence-corrected chi connectivity index (χ0v) is 27.6.